The number of carbonyl (C=O) groups excluding carboxylic acids is 1. The summed E-state index contributed by atoms with van der Waals surface area (Å²) in [6.07, 6.45) is 1.84. The molecule has 0 saturated carbocycles. The van der Waals surface area contributed by atoms with Gasteiger partial charge >= 0.3 is 6.09 Å². The molecule has 0 saturated heterocycles. The Labute approximate surface area is 163 Å². The molecule has 26 heavy (non-hydrogen) atoms. The fraction of sp³-hybridized carbons (Fsp3) is 0.762. The molecule has 1 aromatic rings. The predicted octanol–water partition coefficient (Wildman–Crippen LogP) is 5.70. The number of aromatic nitrogens is 1. The van der Waals surface area contributed by atoms with Gasteiger partial charge in [-0.15, -0.1) is 0 Å². The number of nitrogens with zero attached hydrogens (tertiary/aromatic N) is 1. The number of carbonyl (C=O) groups is 1. The highest BCUT2D eigenvalue weighted by Gasteiger charge is 2.44. The van der Waals surface area contributed by atoms with E-state index >= 15 is 0 Å². The Balaban J connectivity index is 3.65. The highest BCUT2D eigenvalue weighted by molar-refractivity contribution is 6.95. The van der Waals surface area contributed by atoms with Crippen LogP contribution < -0.4 is 10.5 Å². The highest BCUT2D eigenvalue weighted by Crippen LogP contribution is 2.38. The van der Waals surface area contributed by atoms with Gasteiger partial charge in [-0.05, 0) is 42.1 Å². The molecule has 0 aliphatic heterocycles. The Bertz CT molecular complexity index is 666. The lowest BCUT2D eigenvalue weighted by Crippen LogP contribution is -2.54. The summed E-state index contributed by atoms with van der Waals surface area (Å²) >= 11 is 0. The van der Waals surface area contributed by atoms with Crippen molar-refractivity contribution in [1.29, 1.82) is 0 Å². The average Bonchev–Trinajstić information content (AvgIpc) is 2.79. The molecule has 0 amide bonds. The van der Waals surface area contributed by atoms with Crippen LogP contribution in [-0.2, 0) is 4.74 Å². The molecule has 0 aliphatic carbocycles. The zero-order chi connectivity index (χ0) is 20.9. The highest BCUT2D eigenvalue weighted by atomic mass is 28.3. The van der Waals surface area contributed by atoms with Crippen molar-refractivity contribution in [2.75, 3.05) is 0 Å². The van der Waals surface area contributed by atoms with Gasteiger partial charge in [-0.25, -0.2) is 4.79 Å². The molecule has 0 N–H and O–H groups in total. The number of hydrogen-bond donors (Lipinski definition) is 0. The van der Waals surface area contributed by atoms with Crippen molar-refractivity contribution in [3.63, 3.8) is 0 Å². The van der Waals surface area contributed by atoms with Crippen LogP contribution in [0.1, 0.15) is 62.3 Å². The SMILES string of the molecule is CC(C)(C)OC(=O)n1cc([Si](C)(C)C(C)(C)C)cc1[Si](C)(C)C(C)(C)C. The first-order valence-electron chi connectivity index (χ1n) is 9.68. The van der Waals surface area contributed by atoms with Gasteiger partial charge < -0.3 is 4.74 Å². The van der Waals surface area contributed by atoms with Crippen LogP contribution in [0.4, 0.5) is 4.79 Å². The van der Waals surface area contributed by atoms with E-state index in [0.717, 1.165) is 0 Å². The van der Waals surface area contributed by atoms with Gasteiger partial charge in [0.25, 0.3) is 0 Å². The fourth-order valence-corrected chi connectivity index (χ4v) is 6.57. The summed E-state index contributed by atoms with van der Waals surface area (Å²) in [4.78, 5) is 13.0. The zero-order valence-electron chi connectivity index (χ0n) is 19.4. The molecular formula is C21H41NO2Si2. The third-order valence-corrected chi connectivity index (χ3v) is 17.4. The molecule has 0 aliphatic rings. The Morgan fingerprint density at radius 1 is 0.846 bits per heavy atom. The van der Waals surface area contributed by atoms with Gasteiger partial charge in [-0.2, -0.15) is 0 Å². The molecule has 0 aromatic carbocycles. The summed E-state index contributed by atoms with van der Waals surface area (Å²) < 4.78 is 7.58. The molecule has 5 heteroatoms. The van der Waals surface area contributed by atoms with E-state index in [-0.39, 0.29) is 16.2 Å². The first-order chi connectivity index (χ1) is 11.2. The van der Waals surface area contributed by atoms with E-state index in [0.29, 0.717) is 0 Å². The van der Waals surface area contributed by atoms with E-state index < -0.39 is 21.7 Å². The Morgan fingerprint density at radius 2 is 1.27 bits per heavy atom. The molecule has 0 radical (unpaired) electrons. The van der Waals surface area contributed by atoms with E-state index in [1.165, 1.54) is 10.5 Å². The molecule has 0 fully saturated rings. The van der Waals surface area contributed by atoms with E-state index in [4.69, 9.17) is 4.74 Å². The smallest absolute Gasteiger partial charge is 0.418 e. The van der Waals surface area contributed by atoms with Crippen molar-refractivity contribution in [2.24, 2.45) is 0 Å². The second-order valence-corrected chi connectivity index (χ2v) is 22.3. The third-order valence-electron chi connectivity index (χ3n) is 6.52. The molecule has 150 valence electrons. The van der Waals surface area contributed by atoms with Gasteiger partial charge in [0.15, 0.2) is 0 Å². The molecule has 1 heterocycles. The second-order valence-electron chi connectivity index (χ2n) is 11.7. The minimum absolute atomic E-state index is 0.149. The molecular weight excluding hydrogens is 354 g/mol. The molecule has 0 atom stereocenters. The van der Waals surface area contributed by atoms with Gasteiger partial charge in [0.1, 0.15) is 13.7 Å². The minimum Gasteiger partial charge on any atom is -0.443 e. The summed E-state index contributed by atoms with van der Waals surface area (Å²) in [5.41, 5.74) is -0.497. The van der Waals surface area contributed by atoms with Crippen LogP contribution in [0.15, 0.2) is 12.3 Å². The zero-order valence-corrected chi connectivity index (χ0v) is 21.4. The lowest BCUT2D eigenvalue weighted by atomic mass is 10.2. The van der Waals surface area contributed by atoms with Crippen LogP contribution >= 0.6 is 0 Å². The van der Waals surface area contributed by atoms with E-state index in [9.17, 15) is 4.79 Å². The van der Waals surface area contributed by atoms with Crippen molar-refractivity contribution in [1.82, 2.24) is 4.57 Å². The second kappa shape index (κ2) is 6.66. The molecule has 0 spiro atoms. The predicted molar refractivity (Wildman–Crippen MR) is 120 cm³/mol. The van der Waals surface area contributed by atoms with Crippen LogP contribution in [0, 0.1) is 0 Å². The van der Waals surface area contributed by atoms with Crippen LogP contribution in [0.3, 0.4) is 0 Å². The Hall–Kier alpha value is -0.816. The lowest BCUT2D eigenvalue weighted by Gasteiger charge is -2.38. The van der Waals surface area contributed by atoms with Crippen molar-refractivity contribution < 1.29 is 9.53 Å². The maximum Gasteiger partial charge on any atom is 0.418 e. The van der Waals surface area contributed by atoms with Crippen molar-refractivity contribution in [2.45, 2.75) is 104 Å². The maximum absolute atomic E-state index is 13.0. The topological polar surface area (TPSA) is 31.2 Å². The third kappa shape index (κ3) is 4.53. The van der Waals surface area contributed by atoms with Crippen LogP contribution in [0.2, 0.25) is 36.3 Å². The van der Waals surface area contributed by atoms with Crippen LogP contribution in [0.25, 0.3) is 0 Å². The van der Waals surface area contributed by atoms with Crippen molar-refractivity contribution in [3.05, 3.63) is 12.3 Å². The summed E-state index contributed by atoms with van der Waals surface area (Å²) in [5.74, 6) is 0. The maximum atomic E-state index is 13.0. The Kier molecular flexibility index (Phi) is 5.95. The van der Waals surface area contributed by atoms with Crippen LogP contribution in [0.5, 0.6) is 0 Å². The molecule has 1 aromatic heterocycles. The number of hydrogen-bond acceptors (Lipinski definition) is 2. The van der Waals surface area contributed by atoms with Gasteiger partial charge in [-0.1, -0.05) is 67.7 Å². The van der Waals surface area contributed by atoms with E-state index in [1.807, 2.05) is 25.3 Å². The van der Waals surface area contributed by atoms with E-state index in [1.54, 1.807) is 0 Å². The van der Waals surface area contributed by atoms with Gasteiger partial charge in [0, 0.05) is 11.5 Å². The van der Waals surface area contributed by atoms with Gasteiger partial charge in [0.2, 0.25) is 0 Å². The molecule has 0 unspecified atom stereocenters. The molecule has 3 nitrogen and oxygen atoms in total. The summed E-state index contributed by atoms with van der Waals surface area (Å²) in [6, 6.07) is 2.33. The van der Waals surface area contributed by atoms with Gasteiger partial charge in [-0.3, -0.25) is 4.57 Å². The normalized spacial score (nSPS) is 14.5. The lowest BCUT2D eigenvalue weighted by molar-refractivity contribution is 0.0542. The minimum atomic E-state index is -1.90. The summed E-state index contributed by atoms with van der Waals surface area (Å²) in [7, 11) is -3.64. The molecule has 1 rings (SSSR count). The van der Waals surface area contributed by atoms with Gasteiger partial charge in [0.05, 0.1) is 8.07 Å². The number of ether oxygens (including phenoxy) is 1. The fourth-order valence-electron chi connectivity index (χ4n) is 2.57. The first kappa shape index (κ1) is 23.2. The monoisotopic (exact) mass is 395 g/mol. The average molecular weight is 396 g/mol. The first-order valence-corrected chi connectivity index (χ1v) is 15.7. The van der Waals surface area contributed by atoms with Crippen molar-refractivity contribution >= 4 is 32.7 Å². The summed E-state index contributed by atoms with van der Waals surface area (Å²) in [6.45, 7) is 29.1. The van der Waals surface area contributed by atoms with Crippen molar-refractivity contribution in [3.8, 4) is 0 Å². The van der Waals surface area contributed by atoms with E-state index in [2.05, 4.69) is 80.0 Å². The number of rotatable bonds is 2. The largest absolute Gasteiger partial charge is 0.443 e. The molecule has 0 bridgehead atoms. The quantitative estimate of drug-likeness (QED) is 0.601. The Morgan fingerprint density at radius 3 is 1.62 bits per heavy atom. The summed E-state index contributed by atoms with van der Waals surface area (Å²) in [5, 5.41) is 2.89. The standard InChI is InChI=1S/C21H41NO2Si2/c1-19(2,3)24-18(23)22-15-16(25(10,11)20(4,5)6)14-17(22)26(12,13)21(7,8)9/h14-15H,1-13H3. The van der Waals surface area contributed by atoms with Crippen LogP contribution in [-0.4, -0.2) is 32.4 Å².